The molecule has 0 radical (unpaired) electrons. The van der Waals surface area contributed by atoms with Crippen LogP contribution in [0.4, 0.5) is 0 Å². The third-order valence-corrected chi connectivity index (χ3v) is 3.78. The lowest BCUT2D eigenvalue weighted by molar-refractivity contribution is 0.157. The second-order valence-corrected chi connectivity index (χ2v) is 5.81. The second-order valence-electron chi connectivity index (χ2n) is 5.81. The van der Waals surface area contributed by atoms with E-state index in [9.17, 15) is 0 Å². The molecule has 96 valence electrons. The fourth-order valence-electron chi connectivity index (χ4n) is 2.69. The molecule has 1 aliphatic heterocycles. The number of nitrogens with one attached hydrogen (secondary N) is 1. The van der Waals surface area contributed by atoms with Crippen LogP contribution in [-0.4, -0.2) is 16.5 Å². The van der Waals surface area contributed by atoms with Crippen molar-refractivity contribution < 1.29 is 4.42 Å². The molecule has 0 aromatic carbocycles. The quantitative estimate of drug-likeness (QED) is 0.839. The molecule has 0 aliphatic carbocycles. The summed E-state index contributed by atoms with van der Waals surface area (Å²) < 4.78 is 5.86. The molecule has 4 heteroatoms. The molecule has 3 rings (SSSR count). The van der Waals surface area contributed by atoms with Crippen LogP contribution in [0.1, 0.15) is 44.3 Å². The van der Waals surface area contributed by atoms with Crippen molar-refractivity contribution in [1.82, 2.24) is 15.3 Å². The number of aromatic nitrogens is 2. The molecular formula is C14H19N3O. The van der Waals surface area contributed by atoms with Crippen molar-refractivity contribution in [2.45, 2.75) is 39.7 Å². The van der Waals surface area contributed by atoms with Crippen LogP contribution in [0.15, 0.2) is 16.5 Å². The number of aryl methyl sites for hydroxylation is 1. The molecule has 4 nitrogen and oxygen atoms in total. The number of rotatable bonds is 1. The van der Waals surface area contributed by atoms with Gasteiger partial charge in [0.2, 0.25) is 5.89 Å². The van der Waals surface area contributed by atoms with Crippen molar-refractivity contribution in [3.05, 3.63) is 23.7 Å². The van der Waals surface area contributed by atoms with E-state index in [2.05, 4.69) is 29.1 Å². The van der Waals surface area contributed by atoms with Crippen LogP contribution in [0, 0.1) is 12.3 Å². The zero-order valence-corrected chi connectivity index (χ0v) is 11.2. The van der Waals surface area contributed by atoms with Gasteiger partial charge in [-0.15, -0.1) is 0 Å². The van der Waals surface area contributed by atoms with Gasteiger partial charge >= 0.3 is 0 Å². The number of hydrogen-bond acceptors (Lipinski definition) is 4. The zero-order chi connectivity index (χ0) is 12.8. The smallest absolute Gasteiger partial charge is 0.214 e. The molecule has 0 bridgehead atoms. The molecule has 1 N–H and O–H groups in total. The van der Waals surface area contributed by atoms with Gasteiger partial charge in [0.25, 0.3) is 0 Å². The van der Waals surface area contributed by atoms with Crippen LogP contribution >= 0.6 is 0 Å². The molecule has 2 aromatic rings. The first-order valence-electron chi connectivity index (χ1n) is 6.54. The molecule has 1 aliphatic rings. The highest BCUT2D eigenvalue weighted by molar-refractivity contribution is 5.67. The number of nitrogens with zero attached hydrogens (tertiary/aromatic N) is 2. The summed E-state index contributed by atoms with van der Waals surface area (Å²) in [5.74, 6) is 0.771. The summed E-state index contributed by atoms with van der Waals surface area (Å²) in [5.41, 5.74) is 2.64. The van der Waals surface area contributed by atoms with Gasteiger partial charge in [-0.25, -0.2) is 4.98 Å². The van der Waals surface area contributed by atoms with E-state index >= 15 is 0 Å². The van der Waals surface area contributed by atoms with E-state index in [1.807, 2.05) is 19.1 Å². The Labute approximate surface area is 107 Å². The van der Waals surface area contributed by atoms with Crippen LogP contribution in [-0.2, 0) is 0 Å². The van der Waals surface area contributed by atoms with Gasteiger partial charge in [0.1, 0.15) is 0 Å². The molecular weight excluding hydrogens is 226 g/mol. The predicted octanol–water partition coefficient (Wildman–Crippen LogP) is 2.98. The average Bonchev–Trinajstić information content (AvgIpc) is 2.70. The predicted molar refractivity (Wildman–Crippen MR) is 70.3 cm³/mol. The number of pyridine rings is 1. The van der Waals surface area contributed by atoms with Gasteiger partial charge in [-0.2, -0.15) is 4.98 Å². The lowest BCUT2D eigenvalue weighted by Crippen LogP contribution is -2.39. The third kappa shape index (κ3) is 1.90. The summed E-state index contributed by atoms with van der Waals surface area (Å²) in [6, 6.07) is 4.08. The van der Waals surface area contributed by atoms with Crippen LogP contribution < -0.4 is 5.32 Å². The Morgan fingerprint density at radius 3 is 2.94 bits per heavy atom. The molecule has 0 saturated carbocycles. The Kier molecular flexibility index (Phi) is 2.63. The lowest BCUT2D eigenvalue weighted by atomic mass is 9.77. The number of fused-ring (bicyclic) bond motifs is 1. The first-order valence-corrected chi connectivity index (χ1v) is 6.54. The summed E-state index contributed by atoms with van der Waals surface area (Å²) in [7, 11) is 0. The number of hydrogen-bond donors (Lipinski definition) is 1. The third-order valence-electron chi connectivity index (χ3n) is 3.78. The Balaban J connectivity index is 2.03. The van der Waals surface area contributed by atoms with Crippen molar-refractivity contribution in [1.29, 1.82) is 0 Å². The van der Waals surface area contributed by atoms with Gasteiger partial charge in [0.05, 0.1) is 6.04 Å². The van der Waals surface area contributed by atoms with E-state index in [4.69, 9.17) is 4.42 Å². The highest BCUT2D eigenvalue weighted by atomic mass is 16.4. The summed E-state index contributed by atoms with van der Waals surface area (Å²) in [6.45, 7) is 7.52. The summed E-state index contributed by atoms with van der Waals surface area (Å²) >= 11 is 0. The highest BCUT2D eigenvalue weighted by Gasteiger charge is 2.36. The van der Waals surface area contributed by atoms with Crippen molar-refractivity contribution in [2.24, 2.45) is 5.41 Å². The molecule has 18 heavy (non-hydrogen) atoms. The normalized spacial score (nSPS) is 23.4. The van der Waals surface area contributed by atoms with Crippen LogP contribution in [0.2, 0.25) is 0 Å². The maximum atomic E-state index is 5.86. The molecule has 1 atom stereocenters. The average molecular weight is 245 g/mol. The zero-order valence-electron chi connectivity index (χ0n) is 11.2. The molecule has 1 saturated heterocycles. The van der Waals surface area contributed by atoms with Gasteiger partial charge < -0.3 is 9.73 Å². The molecule has 0 amide bonds. The standard InChI is InChI=1S/C14H19N3O/c1-9-5-6-10-12(16-9)17-13(18-10)11-14(2,3)7-4-8-15-11/h5-6,11,15H,4,7-8H2,1-3H3. The van der Waals surface area contributed by atoms with E-state index in [1.165, 1.54) is 12.8 Å². The molecule has 1 unspecified atom stereocenters. The van der Waals surface area contributed by atoms with Gasteiger partial charge in [0, 0.05) is 5.69 Å². The van der Waals surface area contributed by atoms with E-state index in [1.54, 1.807) is 0 Å². The summed E-state index contributed by atoms with van der Waals surface area (Å²) in [5, 5.41) is 3.52. The maximum Gasteiger partial charge on any atom is 0.214 e. The minimum absolute atomic E-state index is 0.175. The minimum atomic E-state index is 0.175. The van der Waals surface area contributed by atoms with E-state index in [-0.39, 0.29) is 11.5 Å². The SMILES string of the molecule is Cc1ccc2oc(C3NCCCC3(C)C)nc2n1. The van der Waals surface area contributed by atoms with Crippen molar-refractivity contribution in [3.63, 3.8) is 0 Å². The van der Waals surface area contributed by atoms with Gasteiger partial charge in [-0.05, 0) is 43.9 Å². The fourth-order valence-corrected chi connectivity index (χ4v) is 2.69. The Bertz CT molecular complexity index is 573. The van der Waals surface area contributed by atoms with Crippen LogP contribution in [0.25, 0.3) is 11.2 Å². The number of piperidine rings is 1. The minimum Gasteiger partial charge on any atom is -0.437 e. The largest absolute Gasteiger partial charge is 0.437 e. The van der Waals surface area contributed by atoms with Crippen molar-refractivity contribution in [3.8, 4) is 0 Å². The number of oxazole rings is 1. The Morgan fingerprint density at radius 1 is 1.33 bits per heavy atom. The van der Waals surface area contributed by atoms with Crippen molar-refractivity contribution >= 4 is 11.2 Å². The monoisotopic (exact) mass is 245 g/mol. The van der Waals surface area contributed by atoms with E-state index in [0.29, 0.717) is 5.65 Å². The Hall–Kier alpha value is -1.42. The molecule has 0 spiro atoms. The lowest BCUT2D eigenvalue weighted by Gasteiger charge is -2.37. The van der Waals surface area contributed by atoms with Crippen LogP contribution in [0.3, 0.4) is 0 Å². The van der Waals surface area contributed by atoms with Gasteiger partial charge in [0.15, 0.2) is 11.2 Å². The van der Waals surface area contributed by atoms with Crippen LogP contribution in [0.5, 0.6) is 0 Å². The van der Waals surface area contributed by atoms with E-state index in [0.717, 1.165) is 23.7 Å². The first kappa shape index (κ1) is 11.7. The highest BCUT2D eigenvalue weighted by Crippen LogP contribution is 2.40. The fraction of sp³-hybridized carbons (Fsp3) is 0.571. The van der Waals surface area contributed by atoms with E-state index < -0.39 is 0 Å². The summed E-state index contributed by atoms with van der Waals surface area (Å²) in [4.78, 5) is 8.96. The maximum absolute atomic E-state index is 5.86. The van der Waals surface area contributed by atoms with Gasteiger partial charge in [-0.3, -0.25) is 0 Å². The molecule has 1 fully saturated rings. The first-order chi connectivity index (χ1) is 8.56. The second kappa shape index (κ2) is 4.05. The molecule has 3 heterocycles. The Morgan fingerprint density at radius 2 is 2.17 bits per heavy atom. The molecule has 2 aromatic heterocycles. The van der Waals surface area contributed by atoms with Crippen molar-refractivity contribution in [2.75, 3.05) is 6.54 Å². The summed E-state index contributed by atoms with van der Waals surface area (Å²) in [6.07, 6.45) is 2.40. The topological polar surface area (TPSA) is 51.0 Å². The van der Waals surface area contributed by atoms with Gasteiger partial charge in [-0.1, -0.05) is 13.8 Å².